The van der Waals surface area contributed by atoms with Crippen molar-refractivity contribution in [3.05, 3.63) is 70.7 Å². The number of nitriles is 1. The lowest BCUT2D eigenvalue weighted by Gasteiger charge is -2.03. The molecule has 1 heterocycles. The molecule has 3 aromatic rings. The van der Waals surface area contributed by atoms with Crippen LogP contribution in [0.15, 0.2) is 60.1 Å². The van der Waals surface area contributed by atoms with Crippen LogP contribution in [0, 0.1) is 11.3 Å². The number of nitrogens with zero attached hydrogens (tertiary/aromatic N) is 2. The minimum absolute atomic E-state index is 0.418. The first kappa shape index (κ1) is 19.1. The molecule has 1 aromatic heterocycles. The number of rotatable bonds is 7. The molecular weight excluding hydrogens is 372 g/mol. The van der Waals surface area contributed by atoms with Crippen LogP contribution >= 0.6 is 11.3 Å². The second-order valence-corrected chi connectivity index (χ2v) is 6.61. The van der Waals surface area contributed by atoms with Crippen molar-refractivity contribution in [2.75, 3.05) is 11.9 Å². The second kappa shape index (κ2) is 8.84. The van der Waals surface area contributed by atoms with Crippen molar-refractivity contribution in [3.8, 4) is 23.1 Å². The van der Waals surface area contributed by atoms with Gasteiger partial charge in [0.25, 0.3) is 0 Å². The average Bonchev–Trinajstić information content (AvgIpc) is 3.20. The number of nitrogens with one attached hydrogen (secondary N) is 1. The Labute approximate surface area is 166 Å². The maximum absolute atomic E-state index is 11.1. The van der Waals surface area contributed by atoms with Crippen molar-refractivity contribution in [1.29, 1.82) is 5.26 Å². The molecule has 140 valence electrons. The van der Waals surface area contributed by atoms with Crippen LogP contribution in [0.5, 0.6) is 5.75 Å². The molecule has 1 amide bonds. The largest absolute Gasteiger partial charge is 0.494 e. The van der Waals surface area contributed by atoms with Gasteiger partial charge in [-0.2, -0.15) is 5.26 Å². The van der Waals surface area contributed by atoms with E-state index in [-0.39, 0.29) is 0 Å². The van der Waals surface area contributed by atoms with E-state index >= 15 is 0 Å². The van der Waals surface area contributed by atoms with Crippen LogP contribution in [0.3, 0.4) is 0 Å². The van der Waals surface area contributed by atoms with Gasteiger partial charge in [-0.05, 0) is 55.5 Å². The van der Waals surface area contributed by atoms with Gasteiger partial charge in [0.1, 0.15) is 22.4 Å². The lowest BCUT2D eigenvalue weighted by molar-refractivity contribution is 0.100. The van der Waals surface area contributed by atoms with Crippen LogP contribution in [-0.4, -0.2) is 17.5 Å². The molecule has 3 N–H and O–H groups in total. The summed E-state index contributed by atoms with van der Waals surface area (Å²) < 4.78 is 5.45. The van der Waals surface area contributed by atoms with E-state index in [0.717, 1.165) is 22.7 Å². The highest BCUT2D eigenvalue weighted by Crippen LogP contribution is 2.27. The number of amides is 1. The van der Waals surface area contributed by atoms with E-state index in [9.17, 15) is 10.1 Å². The van der Waals surface area contributed by atoms with Gasteiger partial charge in [-0.25, -0.2) is 4.98 Å². The molecule has 0 spiro atoms. The first-order valence-electron chi connectivity index (χ1n) is 8.56. The summed E-state index contributed by atoms with van der Waals surface area (Å²) in [5.41, 5.74) is 8.57. The van der Waals surface area contributed by atoms with Gasteiger partial charge in [0.15, 0.2) is 0 Å². The number of ether oxygens (including phenoxy) is 1. The van der Waals surface area contributed by atoms with Crippen LogP contribution in [0.2, 0.25) is 0 Å². The van der Waals surface area contributed by atoms with E-state index in [1.165, 1.54) is 11.3 Å². The van der Waals surface area contributed by atoms with Crippen molar-refractivity contribution >= 4 is 28.5 Å². The van der Waals surface area contributed by atoms with Gasteiger partial charge in [0, 0.05) is 28.4 Å². The number of benzene rings is 2. The van der Waals surface area contributed by atoms with E-state index in [1.807, 2.05) is 36.6 Å². The Hall–Kier alpha value is -3.63. The molecule has 0 fully saturated rings. The Morgan fingerprint density at radius 1 is 1.25 bits per heavy atom. The lowest BCUT2D eigenvalue weighted by atomic mass is 10.2. The number of aromatic nitrogens is 1. The molecule has 0 atom stereocenters. The van der Waals surface area contributed by atoms with Gasteiger partial charge in [0.05, 0.1) is 12.3 Å². The van der Waals surface area contributed by atoms with Gasteiger partial charge in [0.2, 0.25) is 5.91 Å². The fourth-order valence-electron chi connectivity index (χ4n) is 2.45. The highest BCUT2D eigenvalue weighted by atomic mass is 32.1. The monoisotopic (exact) mass is 390 g/mol. The molecule has 3 rings (SSSR count). The topological polar surface area (TPSA) is 101 Å². The normalized spacial score (nSPS) is 10.9. The van der Waals surface area contributed by atoms with E-state index in [4.69, 9.17) is 10.5 Å². The van der Waals surface area contributed by atoms with E-state index in [0.29, 0.717) is 22.8 Å². The maximum atomic E-state index is 11.1. The average molecular weight is 390 g/mol. The number of hydrogen-bond acceptors (Lipinski definition) is 6. The summed E-state index contributed by atoms with van der Waals surface area (Å²) in [6.07, 6.45) is 1.60. The summed E-state index contributed by atoms with van der Waals surface area (Å²) in [5, 5.41) is 15.1. The fraction of sp³-hybridized carbons (Fsp3) is 0.0952. The summed E-state index contributed by atoms with van der Waals surface area (Å²) in [6.45, 7) is 2.56. The molecule has 0 radical (unpaired) electrons. The first-order chi connectivity index (χ1) is 13.6. The molecular formula is C21H18N4O2S. The molecule has 2 aromatic carbocycles. The predicted molar refractivity (Wildman–Crippen MR) is 111 cm³/mol. The van der Waals surface area contributed by atoms with E-state index < -0.39 is 5.91 Å². The summed E-state index contributed by atoms with van der Waals surface area (Å²) in [4.78, 5) is 15.7. The number of anilines is 1. The number of nitrogens with two attached hydrogens (primary N) is 1. The smallest absolute Gasteiger partial charge is 0.248 e. The van der Waals surface area contributed by atoms with Crippen molar-refractivity contribution in [2.45, 2.75) is 6.92 Å². The number of carbonyl (C=O) groups excluding carboxylic acids is 1. The summed E-state index contributed by atoms with van der Waals surface area (Å²) >= 11 is 1.40. The van der Waals surface area contributed by atoms with E-state index in [1.54, 1.807) is 30.5 Å². The highest BCUT2D eigenvalue weighted by Gasteiger charge is 2.09. The van der Waals surface area contributed by atoms with Crippen LogP contribution in [0.25, 0.3) is 16.8 Å². The number of hydrogen-bond donors (Lipinski definition) is 2. The molecule has 0 aliphatic heterocycles. The van der Waals surface area contributed by atoms with E-state index in [2.05, 4.69) is 16.4 Å². The number of allylic oxidation sites excluding steroid dienone is 1. The number of primary amides is 1. The molecule has 6 nitrogen and oxygen atoms in total. The third-order valence-corrected chi connectivity index (χ3v) is 4.74. The zero-order valence-electron chi connectivity index (χ0n) is 15.2. The second-order valence-electron chi connectivity index (χ2n) is 5.75. The zero-order chi connectivity index (χ0) is 19.9. The Kier molecular flexibility index (Phi) is 6.04. The molecule has 0 aliphatic carbocycles. The molecule has 0 unspecified atom stereocenters. The molecule has 0 saturated carbocycles. The summed E-state index contributed by atoms with van der Waals surface area (Å²) in [6, 6.07) is 16.5. The Morgan fingerprint density at radius 3 is 2.57 bits per heavy atom. The van der Waals surface area contributed by atoms with Crippen molar-refractivity contribution < 1.29 is 9.53 Å². The van der Waals surface area contributed by atoms with Gasteiger partial charge in [-0.1, -0.05) is 0 Å². The fourth-order valence-corrected chi connectivity index (χ4v) is 3.24. The maximum Gasteiger partial charge on any atom is 0.248 e. The Balaban J connectivity index is 1.75. The molecule has 7 heteroatoms. The van der Waals surface area contributed by atoms with Gasteiger partial charge >= 0.3 is 0 Å². The van der Waals surface area contributed by atoms with Crippen molar-refractivity contribution in [1.82, 2.24) is 4.98 Å². The quantitative estimate of drug-likeness (QED) is 0.586. The number of carbonyl (C=O) groups is 1. The molecule has 0 saturated heterocycles. The minimum Gasteiger partial charge on any atom is -0.494 e. The SMILES string of the molecule is CCOc1ccc(-c2csc(C(C#N)=CNc3ccc(C(N)=O)cc3)n2)cc1. The standard InChI is InChI=1S/C21H18N4O2S/c1-2-27-18-9-5-14(6-10-18)19-13-28-21(25-19)16(11-22)12-24-17-7-3-15(4-8-17)20(23)26/h3-10,12-13,24H,2H2,1H3,(H2,23,26). The van der Waals surface area contributed by atoms with Crippen LogP contribution in [-0.2, 0) is 0 Å². The third-order valence-electron chi connectivity index (χ3n) is 3.87. The molecule has 28 heavy (non-hydrogen) atoms. The van der Waals surface area contributed by atoms with Gasteiger partial charge < -0.3 is 15.8 Å². The van der Waals surface area contributed by atoms with Gasteiger partial charge in [-0.15, -0.1) is 11.3 Å². The Bertz CT molecular complexity index is 1030. The number of thiazole rings is 1. The molecule has 0 aliphatic rings. The van der Waals surface area contributed by atoms with Crippen molar-refractivity contribution in [3.63, 3.8) is 0 Å². The third kappa shape index (κ3) is 4.55. The van der Waals surface area contributed by atoms with Crippen molar-refractivity contribution in [2.24, 2.45) is 5.73 Å². The first-order valence-corrected chi connectivity index (χ1v) is 9.44. The Morgan fingerprint density at radius 2 is 1.96 bits per heavy atom. The molecule has 0 bridgehead atoms. The summed E-state index contributed by atoms with van der Waals surface area (Å²) in [7, 11) is 0. The van der Waals surface area contributed by atoms with Gasteiger partial charge in [-0.3, -0.25) is 4.79 Å². The zero-order valence-corrected chi connectivity index (χ0v) is 16.0. The highest BCUT2D eigenvalue weighted by molar-refractivity contribution is 7.11. The lowest BCUT2D eigenvalue weighted by Crippen LogP contribution is -2.10. The predicted octanol–water partition coefficient (Wildman–Crippen LogP) is 4.28. The summed E-state index contributed by atoms with van der Waals surface area (Å²) in [5.74, 6) is 0.329. The van der Waals surface area contributed by atoms with Crippen LogP contribution < -0.4 is 15.8 Å². The minimum atomic E-state index is -0.482. The van der Waals surface area contributed by atoms with Crippen LogP contribution in [0.4, 0.5) is 5.69 Å². The van der Waals surface area contributed by atoms with Crippen LogP contribution in [0.1, 0.15) is 22.3 Å².